The van der Waals surface area contributed by atoms with Crippen LogP contribution in [0.1, 0.15) is 27.6 Å². The van der Waals surface area contributed by atoms with Crippen molar-refractivity contribution >= 4 is 49.0 Å². The van der Waals surface area contributed by atoms with Crippen molar-refractivity contribution in [3.8, 4) is 0 Å². The van der Waals surface area contributed by atoms with Crippen molar-refractivity contribution in [1.29, 1.82) is 0 Å². The average Bonchev–Trinajstić information content (AvgIpc) is 2.88. The van der Waals surface area contributed by atoms with Crippen LogP contribution in [0.4, 0.5) is 0 Å². The number of thiophene rings is 1. The van der Waals surface area contributed by atoms with Gasteiger partial charge < -0.3 is 0 Å². The second kappa shape index (κ2) is 6.12. The van der Waals surface area contributed by atoms with Gasteiger partial charge in [-0.25, -0.2) is 0 Å². The third-order valence-corrected chi connectivity index (χ3v) is 6.27. The molecule has 2 aromatic carbocycles. The lowest BCUT2D eigenvalue weighted by molar-refractivity contribution is 0.929. The van der Waals surface area contributed by atoms with Crippen molar-refractivity contribution in [3.63, 3.8) is 0 Å². The minimum Gasteiger partial charge on any atom is -0.142 e. The minimum absolute atomic E-state index is 0.00940. The summed E-state index contributed by atoms with van der Waals surface area (Å²) in [6.45, 7) is 4.29. The molecule has 0 aliphatic heterocycles. The maximum Gasteiger partial charge on any atom is 0.0639 e. The Hall–Kier alpha value is -0.830. The molecule has 0 aliphatic rings. The number of benzene rings is 2. The summed E-state index contributed by atoms with van der Waals surface area (Å²) >= 11 is 12.1. The molecule has 3 aromatic rings. The Kier molecular flexibility index (Phi) is 4.39. The lowest BCUT2D eigenvalue weighted by Crippen LogP contribution is -1.96. The average molecular weight is 380 g/mol. The van der Waals surface area contributed by atoms with Crippen LogP contribution in [-0.2, 0) is 6.42 Å². The molecule has 0 nitrogen and oxygen atoms in total. The highest BCUT2D eigenvalue weighted by atomic mass is 79.9. The van der Waals surface area contributed by atoms with Gasteiger partial charge in [0.25, 0.3) is 0 Å². The monoisotopic (exact) mass is 378 g/mol. The molecular formula is C18H16BrClS. The molecule has 21 heavy (non-hydrogen) atoms. The van der Waals surface area contributed by atoms with Crippen molar-refractivity contribution in [2.24, 2.45) is 0 Å². The van der Waals surface area contributed by atoms with E-state index < -0.39 is 0 Å². The van der Waals surface area contributed by atoms with Gasteiger partial charge in [0.1, 0.15) is 0 Å². The number of aryl methyl sites for hydroxylation is 2. The molecule has 0 fully saturated rings. The molecule has 0 N–H and O–H groups in total. The van der Waals surface area contributed by atoms with Crippen LogP contribution in [0.25, 0.3) is 10.1 Å². The van der Waals surface area contributed by atoms with E-state index in [1.165, 1.54) is 32.3 Å². The van der Waals surface area contributed by atoms with E-state index in [2.05, 4.69) is 71.6 Å². The van der Waals surface area contributed by atoms with E-state index in [0.717, 1.165) is 10.9 Å². The van der Waals surface area contributed by atoms with Gasteiger partial charge in [-0.05, 0) is 75.3 Å². The predicted molar refractivity (Wildman–Crippen MR) is 97.7 cm³/mol. The van der Waals surface area contributed by atoms with E-state index in [9.17, 15) is 0 Å². The van der Waals surface area contributed by atoms with Crippen LogP contribution in [0.15, 0.2) is 46.3 Å². The summed E-state index contributed by atoms with van der Waals surface area (Å²) in [5.41, 5.74) is 5.19. The first-order valence-corrected chi connectivity index (χ1v) is 9.03. The zero-order chi connectivity index (χ0) is 15.0. The van der Waals surface area contributed by atoms with Crippen LogP contribution in [-0.4, -0.2) is 0 Å². The summed E-state index contributed by atoms with van der Waals surface area (Å²) in [6, 6.07) is 12.9. The molecule has 0 amide bonds. The van der Waals surface area contributed by atoms with Crippen LogP contribution >= 0.6 is 38.9 Å². The number of alkyl halides is 1. The van der Waals surface area contributed by atoms with E-state index in [0.29, 0.717) is 0 Å². The fourth-order valence-corrected chi connectivity index (χ4v) is 4.64. The second-order valence-electron chi connectivity index (χ2n) is 5.40. The van der Waals surface area contributed by atoms with Crippen molar-refractivity contribution in [1.82, 2.24) is 0 Å². The SMILES string of the molecule is Cc1ccc(CC(Cl)c2csc3c(Br)cccc23)cc1C. The van der Waals surface area contributed by atoms with Gasteiger partial charge in [-0.3, -0.25) is 0 Å². The van der Waals surface area contributed by atoms with Crippen molar-refractivity contribution < 1.29 is 0 Å². The summed E-state index contributed by atoms with van der Waals surface area (Å²) in [5, 5.41) is 3.46. The molecular weight excluding hydrogens is 364 g/mol. The van der Waals surface area contributed by atoms with Crippen LogP contribution in [0, 0.1) is 13.8 Å². The molecule has 0 saturated carbocycles. The second-order valence-corrected chi connectivity index (χ2v) is 7.66. The molecule has 0 saturated heterocycles. The Morgan fingerprint density at radius 1 is 1.14 bits per heavy atom. The summed E-state index contributed by atoms with van der Waals surface area (Å²) < 4.78 is 2.42. The molecule has 1 unspecified atom stereocenters. The highest BCUT2D eigenvalue weighted by molar-refractivity contribution is 9.10. The van der Waals surface area contributed by atoms with Crippen LogP contribution in [0.3, 0.4) is 0 Å². The van der Waals surface area contributed by atoms with Gasteiger partial charge in [0.2, 0.25) is 0 Å². The first-order chi connectivity index (χ1) is 10.1. The Balaban J connectivity index is 1.91. The first kappa shape index (κ1) is 15.1. The van der Waals surface area contributed by atoms with E-state index in [4.69, 9.17) is 11.6 Å². The summed E-state index contributed by atoms with van der Waals surface area (Å²) in [4.78, 5) is 0. The van der Waals surface area contributed by atoms with Crippen molar-refractivity contribution in [2.45, 2.75) is 25.6 Å². The number of rotatable bonds is 3. The van der Waals surface area contributed by atoms with Crippen LogP contribution in [0.5, 0.6) is 0 Å². The maximum atomic E-state index is 6.70. The molecule has 3 heteroatoms. The van der Waals surface area contributed by atoms with Gasteiger partial charge in [-0.2, -0.15) is 0 Å². The Morgan fingerprint density at radius 3 is 2.71 bits per heavy atom. The lowest BCUT2D eigenvalue weighted by Gasteiger charge is -2.11. The lowest BCUT2D eigenvalue weighted by atomic mass is 10.00. The highest BCUT2D eigenvalue weighted by Crippen LogP contribution is 2.38. The third-order valence-electron chi connectivity index (χ3n) is 3.91. The topological polar surface area (TPSA) is 0 Å². The number of fused-ring (bicyclic) bond motifs is 1. The molecule has 1 heterocycles. The Morgan fingerprint density at radius 2 is 1.95 bits per heavy atom. The summed E-state index contributed by atoms with van der Waals surface area (Å²) in [7, 11) is 0. The highest BCUT2D eigenvalue weighted by Gasteiger charge is 2.15. The van der Waals surface area contributed by atoms with E-state index in [-0.39, 0.29) is 5.38 Å². The van der Waals surface area contributed by atoms with Gasteiger partial charge in [-0.15, -0.1) is 22.9 Å². The molecule has 108 valence electrons. The van der Waals surface area contributed by atoms with Gasteiger partial charge in [0, 0.05) is 9.17 Å². The van der Waals surface area contributed by atoms with Crippen LogP contribution in [0.2, 0.25) is 0 Å². The van der Waals surface area contributed by atoms with Crippen LogP contribution < -0.4 is 0 Å². The maximum absolute atomic E-state index is 6.70. The van der Waals surface area contributed by atoms with E-state index in [1.807, 2.05) is 0 Å². The van der Waals surface area contributed by atoms with Crippen molar-refractivity contribution in [2.75, 3.05) is 0 Å². The standard InChI is InChI=1S/C18H16BrClS/c1-11-6-7-13(8-12(11)2)9-17(20)15-10-21-18-14(15)4-3-5-16(18)19/h3-8,10,17H,9H2,1-2H3. The summed E-state index contributed by atoms with van der Waals surface area (Å²) in [6.07, 6.45) is 0.862. The van der Waals surface area contributed by atoms with Gasteiger partial charge in [0.15, 0.2) is 0 Å². The molecule has 0 bridgehead atoms. The smallest absolute Gasteiger partial charge is 0.0639 e. The normalized spacial score (nSPS) is 12.8. The Labute approximate surface area is 142 Å². The van der Waals surface area contributed by atoms with E-state index in [1.54, 1.807) is 11.3 Å². The molecule has 1 atom stereocenters. The predicted octanol–water partition coefficient (Wildman–Crippen LogP) is 6.80. The van der Waals surface area contributed by atoms with E-state index >= 15 is 0 Å². The quantitative estimate of drug-likeness (QED) is 0.439. The Bertz CT molecular complexity index is 791. The molecule has 0 spiro atoms. The fourth-order valence-electron chi connectivity index (χ4n) is 2.53. The number of halogens is 2. The summed E-state index contributed by atoms with van der Waals surface area (Å²) in [5.74, 6) is 0. The van der Waals surface area contributed by atoms with Gasteiger partial charge in [-0.1, -0.05) is 30.3 Å². The van der Waals surface area contributed by atoms with Crippen molar-refractivity contribution in [3.05, 3.63) is 68.5 Å². The molecule has 1 aromatic heterocycles. The number of hydrogen-bond acceptors (Lipinski definition) is 1. The largest absolute Gasteiger partial charge is 0.142 e. The zero-order valence-corrected chi connectivity index (χ0v) is 15.1. The minimum atomic E-state index is 0.00940. The fraction of sp³-hybridized carbons (Fsp3) is 0.222. The first-order valence-electron chi connectivity index (χ1n) is 6.92. The van der Waals surface area contributed by atoms with Gasteiger partial charge >= 0.3 is 0 Å². The molecule has 3 rings (SSSR count). The number of hydrogen-bond donors (Lipinski definition) is 0. The third kappa shape index (κ3) is 3.03. The zero-order valence-electron chi connectivity index (χ0n) is 12.0. The molecule has 0 radical (unpaired) electrons. The van der Waals surface area contributed by atoms with Gasteiger partial charge in [0.05, 0.1) is 5.38 Å². The molecule has 0 aliphatic carbocycles.